The number of hydrogen-bond donors (Lipinski definition) is 1. The van der Waals surface area contributed by atoms with Crippen molar-refractivity contribution in [1.82, 2.24) is 4.90 Å². The monoisotopic (exact) mass is 278 g/mol. The fraction of sp³-hybridized carbons (Fsp3) is 0.562. The molecule has 0 atom stereocenters. The Bertz CT molecular complexity index is 450. The van der Waals surface area contributed by atoms with E-state index < -0.39 is 5.60 Å². The molecule has 1 aromatic rings. The molecule has 0 aliphatic heterocycles. The number of amides is 1. The van der Waals surface area contributed by atoms with Crippen LogP contribution in [0.3, 0.4) is 0 Å². The van der Waals surface area contributed by atoms with Gasteiger partial charge in [0.05, 0.1) is 6.54 Å². The molecule has 112 valence electrons. The molecule has 0 heterocycles. The number of para-hydroxylation sites is 1. The molecule has 0 aromatic heterocycles. The first-order chi connectivity index (χ1) is 9.24. The number of anilines is 1. The molecule has 1 rings (SSSR count). The summed E-state index contributed by atoms with van der Waals surface area (Å²) >= 11 is 0. The van der Waals surface area contributed by atoms with Gasteiger partial charge in [-0.05, 0) is 46.2 Å². The van der Waals surface area contributed by atoms with Crippen LogP contribution in [0.1, 0.15) is 40.2 Å². The topological polar surface area (TPSA) is 41.6 Å². The highest BCUT2D eigenvalue weighted by molar-refractivity contribution is 5.69. The quantitative estimate of drug-likeness (QED) is 0.909. The zero-order valence-corrected chi connectivity index (χ0v) is 13.4. The first-order valence-corrected chi connectivity index (χ1v) is 7.00. The van der Waals surface area contributed by atoms with Gasteiger partial charge in [-0.3, -0.25) is 0 Å². The summed E-state index contributed by atoms with van der Waals surface area (Å²) in [5, 5.41) is 3.15. The van der Waals surface area contributed by atoms with Crippen molar-refractivity contribution in [3.05, 3.63) is 29.8 Å². The van der Waals surface area contributed by atoms with Crippen molar-refractivity contribution in [3.63, 3.8) is 0 Å². The molecule has 0 fully saturated rings. The third kappa shape index (κ3) is 4.76. The molecule has 4 nitrogen and oxygen atoms in total. The number of ether oxygens (including phenoxy) is 1. The molecule has 1 aromatic carbocycles. The Morgan fingerprint density at radius 2 is 1.90 bits per heavy atom. The predicted molar refractivity (Wildman–Crippen MR) is 82.9 cm³/mol. The Balaban J connectivity index is 2.90. The van der Waals surface area contributed by atoms with E-state index >= 15 is 0 Å². The second kappa shape index (κ2) is 6.64. The highest BCUT2D eigenvalue weighted by Gasteiger charge is 2.24. The summed E-state index contributed by atoms with van der Waals surface area (Å²) in [6, 6.07) is 8.05. The van der Waals surface area contributed by atoms with Gasteiger partial charge in [0, 0.05) is 18.8 Å². The summed E-state index contributed by atoms with van der Waals surface area (Å²) in [6.07, 6.45) is -0.279. The number of carbonyl (C=O) groups is 1. The number of nitrogens with one attached hydrogen (secondary N) is 1. The Morgan fingerprint density at radius 1 is 1.30 bits per heavy atom. The molecule has 20 heavy (non-hydrogen) atoms. The van der Waals surface area contributed by atoms with Gasteiger partial charge in [-0.15, -0.1) is 0 Å². The fourth-order valence-corrected chi connectivity index (χ4v) is 1.86. The fourth-order valence-electron chi connectivity index (χ4n) is 1.86. The van der Waals surface area contributed by atoms with Crippen molar-refractivity contribution < 1.29 is 9.53 Å². The largest absolute Gasteiger partial charge is 0.444 e. The predicted octanol–water partition coefficient (Wildman–Crippen LogP) is 3.87. The molecule has 0 unspecified atom stereocenters. The lowest BCUT2D eigenvalue weighted by atomic mass is 10.1. The van der Waals surface area contributed by atoms with Crippen LogP contribution in [-0.4, -0.2) is 29.7 Å². The average Bonchev–Trinajstić information content (AvgIpc) is 2.33. The number of benzene rings is 1. The van der Waals surface area contributed by atoms with Crippen LogP contribution in [0.25, 0.3) is 0 Å². The zero-order chi connectivity index (χ0) is 15.3. The van der Waals surface area contributed by atoms with Gasteiger partial charge in [0.1, 0.15) is 5.60 Å². The van der Waals surface area contributed by atoms with Gasteiger partial charge >= 0.3 is 6.09 Å². The second-order valence-corrected chi connectivity index (χ2v) is 6.11. The normalized spacial score (nSPS) is 11.3. The van der Waals surface area contributed by atoms with E-state index in [4.69, 9.17) is 4.74 Å². The van der Waals surface area contributed by atoms with E-state index in [1.807, 2.05) is 65.9 Å². The van der Waals surface area contributed by atoms with Crippen LogP contribution in [0.2, 0.25) is 0 Å². The van der Waals surface area contributed by atoms with Crippen LogP contribution in [0.15, 0.2) is 24.3 Å². The molecule has 0 aliphatic rings. The molecule has 0 saturated carbocycles. The molecule has 0 saturated heterocycles. The van der Waals surface area contributed by atoms with Crippen molar-refractivity contribution in [3.8, 4) is 0 Å². The van der Waals surface area contributed by atoms with Gasteiger partial charge in [0.15, 0.2) is 0 Å². The van der Waals surface area contributed by atoms with E-state index in [2.05, 4.69) is 5.32 Å². The molecule has 1 amide bonds. The van der Waals surface area contributed by atoms with Gasteiger partial charge in [-0.2, -0.15) is 0 Å². The highest BCUT2D eigenvalue weighted by Crippen LogP contribution is 2.20. The van der Waals surface area contributed by atoms with Crippen molar-refractivity contribution in [2.75, 3.05) is 12.4 Å². The van der Waals surface area contributed by atoms with Crippen LogP contribution in [0.4, 0.5) is 10.5 Å². The minimum absolute atomic E-state index is 0.0785. The molecule has 0 radical (unpaired) electrons. The molecule has 4 heteroatoms. The van der Waals surface area contributed by atoms with Crippen LogP contribution in [0, 0.1) is 0 Å². The summed E-state index contributed by atoms with van der Waals surface area (Å²) in [7, 11) is 1.88. The van der Waals surface area contributed by atoms with E-state index in [-0.39, 0.29) is 12.1 Å². The third-order valence-corrected chi connectivity index (χ3v) is 2.88. The van der Waals surface area contributed by atoms with Gasteiger partial charge in [-0.1, -0.05) is 18.2 Å². The minimum atomic E-state index is -0.479. The average molecular weight is 278 g/mol. The maximum atomic E-state index is 12.3. The second-order valence-electron chi connectivity index (χ2n) is 6.11. The number of rotatable bonds is 4. The number of nitrogens with zero attached hydrogens (tertiary/aromatic N) is 1. The van der Waals surface area contributed by atoms with Crippen molar-refractivity contribution in [2.24, 2.45) is 0 Å². The Morgan fingerprint density at radius 3 is 2.40 bits per heavy atom. The van der Waals surface area contributed by atoms with E-state index in [0.717, 1.165) is 11.3 Å². The van der Waals surface area contributed by atoms with E-state index in [0.29, 0.717) is 6.54 Å². The first-order valence-electron chi connectivity index (χ1n) is 7.00. The maximum Gasteiger partial charge on any atom is 0.410 e. The summed E-state index contributed by atoms with van der Waals surface area (Å²) in [5.74, 6) is 0. The van der Waals surface area contributed by atoms with Gasteiger partial charge in [-0.25, -0.2) is 4.79 Å². The molecular formula is C16H26N2O2. The molecule has 0 spiro atoms. The molecule has 0 bridgehead atoms. The standard InChI is InChI=1S/C16H26N2O2/c1-12(2)18(15(19)20-16(3,4)5)11-13-9-7-8-10-14(13)17-6/h7-10,12,17H,11H2,1-6H3. The Kier molecular flexibility index (Phi) is 5.43. The summed E-state index contributed by atoms with van der Waals surface area (Å²) in [4.78, 5) is 14.0. The summed E-state index contributed by atoms with van der Waals surface area (Å²) in [6.45, 7) is 10.2. The lowest BCUT2D eigenvalue weighted by molar-refractivity contribution is 0.0172. The van der Waals surface area contributed by atoms with Crippen molar-refractivity contribution in [1.29, 1.82) is 0 Å². The van der Waals surface area contributed by atoms with Crippen molar-refractivity contribution in [2.45, 2.75) is 52.8 Å². The van der Waals surface area contributed by atoms with E-state index in [1.165, 1.54) is 0 Å². The third-order valence-electron chi connectivity index (χ3n) is 2.88. The highest BCUT2D eigenvalue weighted by atomic mass is 16.6. The SMILES string of the molecule is CNc1ccccc1CN(C(=O)OC(C)(C)C)C(C)C. The Labute approximate surface area is 122 Å². The summed E-state index contributed by atoms with van der Waals surface area (Å²) in [5.41, 5.74) is 1.63. The minimum Gasteiger partial charge on any atom is -0.444 e. The van der Waals surface area contributed by atoms with Crippen LogP contribution in [-0.2, 0) is 11.3 Å². The smallest absolute Gasteiger partial charge is 0.410 e. The molecule has 1 N–H and O–H groups in total. The van der Waals surface area contributed by atoms with Gasteiger partial charge < -0.3 is 15.0 Å². The van der Waals surface area contributed by atoms with Gasteiger partial charge in [0.2, 0.25) is 0 Å². The summed E-state index contributed by atoms with van der Waals surface area (Å²) < 4.78 is 5.47. The number of hydrogen-bond acceptors (Lipinski definition) is 3. The maximum absolute atomic E-state index is 12.3. The van der Waals surface area contributed by atoms with Gasteiger partial charge in [0.25, 0.3) is 0 Å². The zero-order valence-electron chi connectivity index (χ0n) is 13.4. The lowest BCUT2D eigenvalue weighted by Crippen LogP contribution is -2.40. The van der Waals surface area contributed by atoms with Crippen molar-refractivity contribution >= 4 is 11.8 Å². The van der Waals surface area contributed by atoms with Crippen LogP contribution in [0.5, 0.6) is 0 Å². The first kappa shape index (κ1) is 16.3. The molecule has 0 aliphatic carbocycles. The number of carbonyl (C=O) groups excluding carboxylic acids is 1. The van der Waals surface area contributed by atoms with E-state index in [1.54, 1.807) is 4.90 Å². The molecular weight excluding hydrogens is 252 g/mol. The lowest BCUT2D eigenvalue weighted by Gasteiger charge is -2.30. The van der Waals surface area contributed by atoms with Crippen LogP contribution >= 0.6 is 0 Å². The van der Waals surface area contributed by atoms with Crippen LogP contribution < -0.4 is 5.32 Å². The van der Waals surface area contributed by atoms with E-state index in [9.17, 15) is 4.79 Å². The Hall–Kier alpha value is -1.71.